The van der Waals surface area contributed by atoms with E-state index >= 15 is 0 Å². The highest BCUT2D eigenvalue weighted by molar-refractivity contribution is 5.57. The van der Waals surface area contributed by atoms with Crippen molar-refractivity contribution in [1.82, 2.24) is 4.98 Å². The lowest BCUT2D eigenvalue weighted by Crippen LogP contribution is -2.05. The third-order valence-corrected chi connectivity index (χ3v) is 2.84. The third-order valence-electron chi connectivity index (χ3n) is 2.84. The lowest BCUT2D eigenvalue weighted by atomic mass is 10.2. The second-order valence-electron chi connectivity index (χ2n) is 4.18. The van der Waals surface area contributed by atoms with E-state index < -0.39 is 4.92 Å². The largest absolute Gasteiger partial charge is 0.490 e. The lowest BCUT2D eigenvalue weighted by molar-refractivity contribution is -0.385. The Morgan fingerprint density at radius 2 is 2.25 bits per heavy atom. The van der Waals surface area contributed by atoms with Gasteiger partial charge in [-0.3, -0.25) is 15.1 Å². The van der Waals surface area contributed by atoms with Crippen LogP contribution in [0.2, 0.25) is 0 Å². The molecule has 0 radical (unpaired) electrons. The summed E-state index contributed by atoms with van der Waals surface area (Å²) in [4.78, 5) is 14.4. The Kier molecular flexibility index (Phi) is 4.49. The minimum absolute atomic E-state index is 0.0368. The summed E-state index contributed by atoms with van der Waals surface area (Å²) < 4.78 is 5.02. The highest BCUT2D eigenvalue weighted by Crippen LogP contribution is 2.29. The monoisotopic (exact) mass is 273 g/mol. The highest BCUT2D eigenvalue weighted by Gasteiger charge is 2.14. The number of nitrogens with one attached hydrogen (secondary N) is 1. The molecule has 20 heavy (non-hydrogen) atoms. The fourth-order valence-electron chi connectivity index (χ4n) is 1.84. The minimum atomic E-state index is -0.460. The maximum absolute atomic E-state index is 10.8. The van der Waals surface area contributed by atoms with Crippen LogP contribution in [0.5, 0.6) is 5.75 Å². The van der Waals surface area contributed by atoms with Crippen LogP contribution < -0.4 is 10.1 Å². The quantitative estimate of drug-likeness (QED) is 0.646. The molecule has 1 aromatic heterocycles. The molecular formula is C14H15N3O3. The summed E-state index contributed by atoms with van der Waals surface area (Å²) in [5.74, 6) is 0.251. The van der Waals surface area contributed by atoms with Crippen molar-refractivity contribution >= 4 is 11.4 Å². The lowest BCUT2D eigenvalue weighted by Gasteiger charge is -2.08. The second-order valence-corrected chi connectivity index (χ2v) is 4.18. The molecule has 2 aromatic rings. The van der Waals surface area contributed by atoms with E-state index in [1.807, 2.05) is 18.3 Å². The molecule has 104 valence electrons. The van der Waals surface area contributed by atoms with E-state index in [9.17, 15) is 10.1 Å². The number of benzene rings is 1. The van der Waals surface area contributed by atoms with E-state index in [0.29, 0.717) is 6.54 Å². The van der Waals surface area contributed by atoms with Crippen molar-refractivity contribution < 1.29 is 9.66 Å². The summed E-state index contributed by atoms with van der Waals surface area (Å²) in [6.07, 6.45) is 4.38. The summed E-state index contributed by atoms with van der Waals surface area (Å²) in [5.41, 5.74) is 1.88. The fourth-order valence-corrected chi connectivity index (χ4v) is 1.84. The Morgan fingerprint density at radius 3 is 2.90 bits per heavy atom. The first kappa shape index (κ1) is 13.8. The standard InChI is InChI=1S/C14H15N3O3/c1-20-14-9-12(4-5-13(14)17(18)19)16-8-6-11-3-2-7-15-10-11/h2-5,7,9-10,16H,6,8H2,1H3. The maximum Gasteiger partial charge on any atom is 0.311 e. The number of aromatic nitrogens is 1. The van der Waals surface area contributed by atoms with E-state index in [4.69, 9.17) is 4.74 Å². The Morgan fingerprint density at radius 1 is 1.40 bits per heavy atom. The predicted molar refractivity (Wildman–Crippen MR) is 76.1 cm³/mol. The Labute approximate surface area is 116 Å². The van der Waals surface area contributed by atoms with Crippen molar-refractivity contribution in [3.63, 3.8) is 0 Å². The SMILES string of the molecule is COc1cc(NCCc2cccnc2)ccc1[N+](=O)[O-]. The molecule has 0 aliphatic rings. The highest BCUT2D eigenvalue weighted by atomic mass is 16.6. The molecule has 0 amide bonds. The first-order chi connectivity index (χ1) is 9.70. The normalized spacial score (nSPS) is 10.1. The van der Waals surface area contributed by atoms with Crippen LogP contribution >= 0.6 is 0 Å². The molecular weight excluding hydrogens is 258 g/mol. The topological polar surface area (TPSA) is 77.3 Å². The number of ether oxygens (including phenoxy) is 1. The molecule has 0 atom stereocenters. The average molecular weight is 273 g/mol. The van der Waals surface area contributed by atoms with Crippen molar-refractivity contribution in [3.8, 4) is 5.75 Å². The van der Waals surface area contributed by atoms with Gasteiger partial charge in [-0.05, 0) is 24.1 Å². The second kappa shape index (κ2) is 6.51. The number of anilines is 1. The molecule has 0 saturated carbocycles. The number of nitro benzene ring substituents is 1. The van der Waals surface area contributed by atoms with Crippen molar-refractivity contribution in [2.75, 3.05) is 19.0 Å². The minimum Gasteiger partial charge on any atom is -0.490 e. The van der Waals surface area contributed by atoms with E-state index in [0.717, 1.165) is 17.7 Å². The molecule has 0 bridgehead atoms. The molecule has 6 heteroatoms. The van der Waals surface area contributed by atoms with Crippen molar-refractivity contribution in [2.24, 2.45) is 0 Å². The Bertz CT molecular complexity index is 587. The van der Waals surface area contributed by atoms with Gasteiger partial charge in [-0.1, -0.05) is 6.07 Å². The number of hydrogen-bond donors (Lipinski definition) is 1. The molecule has 0 aliphatic heterocycles. The fraction of sp³-hybridized carbons (Fsp3) is 0.214. The van der Waals surface area contributed by atoms with Gasteiger partial charge in [-0.25, -0.2) is 0 Å². The zero-order valence-electron chi connectivity index (χ0n) is 11.1. The maximum atomic E-state index is 10.8. The van der Waals surface area contributed by atoms with Crippen molar-refractivity contribution in [1.29, 1.82) is 0 Å². The summed E-state index contributed by atoms with van der Waals surface area (Å²) in [6.45, 7) is 0.715. The zero-order valence-corrected chi connectivity index (χ0v) is 11.1. The molecule has 0 saturated heterocycles. The summed E-state index contributed by atoms with van der Waals surface area (Å²) in [7, 11) is 1.42. The number of hydrogen-bond acceptors (Lipinski definition) is 5. The number of rotatable bonds is 6. The molecule has 0 spiro atoms. The van der Waals surface area contributed by atoms with Crippen LogP contribution in [0.25, 0.3) is 0 Å². The molecule has 6 nitrogen and oxygen atoms in total. The van der Waals surface area contributed by atoms with E-state index in [1.54, 1.807) is 18.3 Å². The van der Waals surface area contributed by atoms with Crippen molar-refractivity contribution in [2.45, 2.75) is 6.42 Å². The Hall–Kier alpha value is -2.63. The average Bonchev–Trinajstić information content (AvgIpc) is 2.48. The molecule has 0 aliphatic carbocycles. The van der Waals surface area contributed by atoms with Gasteiger partial charge >= 0.3 is 5.69 Å². The summed E-state index contributed by atoms with van der Waals surface area (Å²) >= 11 is 0. The first-order valence-corrected chi connectivity index (χ1v) is 6.16. The van der Waals surface area contributed by atoms with Gasteiger partial charge in [-0.15, -0.1) is 0 Å². The first-order valence-electron chi connectivity index (χ1n) is 6.16. The smallest absolute Gasteiger partial charge is 0.311 e. The Balaban J connectivity index is 1.98. The van der Waals surface area contributed by atoms with Crippen LogP contribution in [0.15, 0.2) is 42.7 Å². The molecule has 1 heterocycles. The van der Waals surface area contributed by atoms with Gasteiger partial charge in [0.2, 0.25) is 0 Å². The summed E-state index contributed by atoms with van der Waals surface area (Å²) in [6, 6.07) is 8.63. The number of methoxy groups -OCH3 is 1. The van der Waals surface area contributed by atoms with Gasteiger partial charge in [0, 0.05) is 36.8 Å². The number of nitro groups is 1. The predicted octanol–water partition coefficient (Wildman–Crippen LogP) is 2.65. The van der Waals surface area contributed by atoms with Crippen LogP contribution in [0.3, 0.4) is 0 Å². The molecule has 2 rings (SSSR count). The summed E-state index contributed by atoms with van der Waals surface area (Å²) in [5, 5.41) is 14.0. The zero-order chi connectivity index (χ0) is 14.4. The van der Waals surface area contributed by atoms with Gasteiger partial charge < -0.3 is 10.1 Å². The molecule has 0 unspecified atom stereocenters. The third kappa shape index (κ3) is 3.44. The van der Waals surface area contributed by atoms with Crippen LogP contribution in [0, 0.1) is 10.1 Å². The van der Waals surface area contributed by atoms with Gasteiger partial charge in [0.05, 0.1) is 12.0 Å². The number of pyridine rings is 1. The van der Waals surface area contributed by atoms with Crippen LogP contribution in [0.4, 0.5) is 11.4 Å². The van der Waals surface area contributed by atoms with Gasteiger partial charge in [0.1, 0.15) is 0 Å². The van der Waals surface area contributed by atoms with Crippen LogP contribution in [-0.2, 0) is 6.42 Å². The van der Waals surface area contributed by atoms with Gasteiger partial charge in [0.25, 0.3) is 0 Å². The van der Waals surface area contributed by atoms with Gasteiger partial charge in [-0.2, -0.15) is 0 Å². The van der Waals surface area contributed by atoms with Crippen LogP contribution in [-0.4, -0.2) is 23.6 Å². The van der Waals surface area contributed by atoms with E-state index in [1.165, 1.54) is 13.2 Å². The van der Waals surface area contributed by atoms with Crippen molar-refractivity contribution in [3.05, 3.63) is 58.4 Å². The van der Waals surface area contributed by atoms with Crippen LogP contribution in [0.1, 0.15) is 5.56 Å². The van der Waals surface area contributed by atoms with E-state index in [2.05, 4.69) is 10.3 Å². The molecule has 1 aromatic carbocycles. The van der Waals surface area contributed by atoms with E-state index in [-0.39, 0.29) is 11.4 Å². The van der Waals surface area contributed by atoms with Gasteiger partial charge in [0.15, 0.2) is 5.75 Å². The number of nitrogens with zero attached hydrogens (tertiary/aromatic N) is 2. The molecule has 1 N–H and O–H groups in total. The molecule has 0 fully saturated rings.